The van der Waals surface area contributed by atoms with Crippen LogP contribution >= 0.6 is 11.6 Å². The monoisotopic (exact) mass is 433 g/mol. The van der Waals surface area contributed by atoms with Gasteiger partial charge in [-0.05, 0) is 62.3 Å². The van der Waals surface area contributed by atoms with Crippen molar-refractivity contribution in [1.82, 2.24) is 9.80 Å². The van der Waals surface area contributed by atoms with E-state index in [9.17, 15) is 13.6 Å². The molecule has 0 N–H and O–H groups in total. The van der Waals surface area contributed by atoms with Crippen LogP contribution in [0.2, 0.25) is 5.02 Å². The van der Waals surface area contributed by atoms with Crippen LogP contribution in [0.3, 0.4) is 0 Å². The first-order valence-corrected chi connectivity index (χ1v) is 10.8. The molecule has 1 amide bonds. The number of piperidine rings is 1. The van der Waals surface area contributed by atoms with Crippen molar-refractivity contribution in [2.24, 2.45) is 5.92 Å². The number of halogens is 3. The minimum atomic E-state index is -0.278. The molecule has 0 aromatic heterocycles. The number of benzene rings is 2. The second-order valence-electron chi connectivity index (χ2n) is 8.07. The summed E-state index contributed by atoms with van der Waals surface area (Å²) < 4.78 is 27.1. The summed E-state index contributed by atoms with van der Waals surface area (Å²) in [5.41, 5.74) is 1.63. The molecule has 0 bridgehead atoms. The second kappa shape index (κ2) is 9.31. The maximum absolute atomic E-state index is 14.0. The summed E-state index contributed by atoms with van der Waals surface area (Å²) in [6.07, 6.45) is 1.60. The lowest BCUT2D eigenvalue weighted by molar-refractivity contribution is -0.137. The van der Waals surface area contributed by atoms with Crippen molar-refractivity contribution in [2.75, 3.05) is 44.2 Å². The Bertz CT molecular complexity index is 877. The van der Waals surface area contributed by atoms with Crippen molar-refractivity contribution in [3.63, 3.8) is 0 Å². The molecule has 2 fully saturated rings. The predicted octanol–water partition coefficient (Wildman–Crippen LogP) is 4.18. The fourth-order valence-corrected chi connectivity index (χ4v) is 4.48. The Balaban J connectivity index is 1.25. The van der Waals surface area contributed by atoms with Crippen molar-refractivity contribution < 1.29 is 13.6 Å². The van der Waals surface area contributed by atoms with Crippen LogP contribution in [0.5, 0.6) is 0 Å². The number of rotatable bonds is 4. The van der Waals surface area contributed by atoms with E-state index in [4.69, 9.17) is 11.6 Å². The lowest BCUT2D eigenvalue weighted by Gasteiger charge is -2.39. The van der Waals surface area contributed by atoms with Crippen molar-refractivity contribution in [3.05, 3.63) is 64.7 Å². The number of hydrogen-bond acceptors (Lipinski definition) is 3. The highest BCUT2D eigenvalue weighted by molar-refractivity contribution is 6.30. The van der Waals surface area contributed by atoms with Crippen molar-refractivity contribution in [2.45, 2.75) is 19.4 Å². The summed E-state index contributed by atoms with van der Waals surface area (Å²) >= 11 is 5.82. The molecule has 30 heavy (non-hydrogen) atoms. The van der Waals surface area contributed by atoms with Crippen LogP contribution in [0.25, 0.3) is 0 Å². The summed E-state index contributed by atoms with van der Waals surface area (Å²) in [6.45, 7) is 5.00. The summed E-state index contributed by atoms with van der Waals surface area (Å²) in [6, 6.07) is 11.3. The number of carbonyl (C=O) groups excluding carboxylic acids is 1. The van der Waals surface area contributed by atoms with Gasteiger partial charge in [0.05, 0.1) is 0 Å². The second-order valence-corrected chi connectivity index (χ2v) is 8.51. The largest absolute Gasteiger partial charge is 0.368 e. The summed E-state index contributed by atoms with van der Waals surface area (Å²) in [7, 11) is 0. The van der Waals surface area contributed by atoms with Crippen molar-refractivity contribution >= 4 is 23.2 Å². The fraction of sp³-hybridized carbons (Fsp3) is 0.435. The summed E-state index contributed by atoms with van der Waals surface area (Å²) in [4.78, 5) is 19.3. The Morgan fingerprint density at radius 3 is 2.23 bits per heavy atom. The first-order chi connectivity index (χ1) is 14.5. The average molecular weight is 434 g/mol. The number of piperazine rings is 1. The van der Waals surface area contributed by atoms with Gasteiger partial charge in [-0.2, -0.15) is 0 Å². The zero-order valence-corrected chi connectivity index (χ0v) is 17.6. The van der Waals surface area contributed by atoms with Crippen LogP contribution in [0, 0.1) is 17.6 Å². The van der Waals surface area contributed by atoms with Crippen LogP contribution in [0.1, 0.15) is 18.4 Å². The lowest BCUT2D eigenvalue weighted by atomic mass is 9.94. The highest BCUT2D eigenvalue weighted by Crippen LogP contribution is 2.24. The van der Waals surface area contributed by atoms with Crippen LogP contribution in [0.15, 0.2) is 42.5 Å². The first-order valence-electron chi connectivity index (χ1n) is 10.5. The molecule has 0 spiro atoms. The molecule has 0 aliphatic carbocycles. The number of hydrogen-bond donors (Lipinski definition) is 0. The fourth-order valence-electron chi connectivity index (χ4n) is 4.32. The number of carbonyl (C=O) groups is 1. The van der Waals surface area contributed by atoms with E-state index in [1.165, 1.54) is 18.2 Å². The lowest BCUT2D eigenvalue weighted by Crippen LogP contribution is -2.51. The Kier molecular flexibility index (Phi) is 6.54. The van der Waals surface area contributed by atoms with E-state index in [1.807, 2.05) is 4.90 Å². The molecule has 2 aliphatic heterocycles. The van der Waals surface area contributed by atoms with E-state index in [1.54, 1.807) is 24.3 Å². The van der Waals surface area contributed by atoms with E-state index < -0.39 is 0 Å². The van der Waals surface area contributed by atoms with Gasteiger partial charge >= 0.3 is 0 Å². The maximum Gasteiger partial charge on any atom is 0.225 e. The molecule has 160 valence electrons. The standard InChI is InChI=1S/C23H26ClF2N3O/c24-19-2-1-18(22(26)15-19)16-27-9-7-17(8-10-27)23(30)29-13-11-28(12-14-29)21-5-3-20(25)4-6-21/h1-6,15,17H,7-14,16H2. The van der Waals surface area contributed by atoms with Crippen molar-refractivity contribution in [1.29, 1.82) is 0 Å². The molecule has 0 saturated carbocycles. The normalized spacial score (nSPS) is 18.6. The molecule has 2 aromatic rings. The van der Waals surface area contributed by atoms with Gasteiger partial charge in [-0.15, -0.1) is 0 Å². The number of nitrogens with zero attached hydrogens (tertiary/aromatic N) is 3. The molecule has 0 atom stereocenters. The third-order valence-electron chi connectivity index (χ3n) is 6.13. The molecule has 4 rings (SSSR count). The first kappa shape index (κ1) is 21.1. The summed E-state index contributed by atoms with van der Waals surface area (Å²) in [5.74, 6) is -0.253. The smallest absolute Gasteiger partial charge is 0.225 e. The van der Waals surface area contributed by atoms with Gasteiger partial charge in [0.25, 0.3) is 0 Å². The maximum atomic E-state index is 14.0. The Labute approximate surface area is 181 Å². The molecule has 4 nitrogen and oxygen atoms in total. The molecule has 2 aromatic carbocycles. The molecule has 2 aliphatic rings. The molecule has 2 heterocycles. The van der Waals surface area contributed by atoms with Crippen LogP contribution in [-0.2, 0) is 11.3 Å². The van der Waals surface area contributed by atoms with E-state index in [2.05, 4.69) is 9.80 Å². The van der Waals surface area contributed by atoms with Crippen LogP contribution < -0.4 is 4.90 Å². The van der Waals surface area contributed by atoms with Gasteiger partial charge in [0.1, 0.15) is 11.6 Å². The highest BCUT2D eigenvalue weighted by atomic mass is 35.5. The third kappa shape index (κ3) is 4.93. The Morgan fingerprint density at radius 2 is 1.60 bits per heavy atom. The quantitative estimate of drug-likeness (QED) is 0.723. The highest BCUT2D eigenvalue weighted by Gasteiger charge is 2.30. The Hall–Kier alpha value is -2.18. The van der Waals surface area contributed by atoms with Gasteiger partial charge in [0.15, 0.2) is 0 Å². The SMILES string of the molecule is O=C(C1CCN(Cc2ccc(Cl)cc2F)CC1)N1CCN(c2ccc(F)cc2)CC1. The Morgan fingerprint density at radius 1 is 0.933 bits per heavy atom. The topological polar surface area (TPSA) is 26.8 Å². The zero-order valence-electron chi connectivity index (χ0n) is 16.9. The van der Waals surface area contributed by atoms with Gasteiger partial charge in [-0.25, -0.2) is 8.78 Å². The number of likely N-dealkylation sites (tertiary alicyclic amines) is 1. The third-order valence-corrected chi connectivity index (χ3v) is 6.36. The molecular weight excluding hydrogens is 408 g/mol. The summed E-state index contributed by atoms with van der Waals surface area (Å²) in [5, 5.41) is 0.403. The van der Waals surface area contributed by atoms with E-state index >= 15 is 0 Å². The molecule has 7 heteroatoms. The minimum absolute atomic E-state index is 0.0358. The van der Waals surface area contributed by atoms with Gasteiger partial charge in [0.2, 0.25) is 5.91 Å². The zero-order chi connectivity index (χ0) is 21.1. The average Bonchev–Trinajstić information content (AvgIpc) is 2.76. The molecule has 2 saturated heterocycles. The number of amides is 1. The van der Waals surface area contributed by atoms with Crippen molar-refractivity contribution in [3.8, 4) is 0 Å². The molecule has 0 radical (unpaired) electrons. The van der Waals surface area contributed by atoms with Crippen LogP contribution in [0.4, 0.5) is 14.5 Å². The molecular formula is C23H26ClF2N3O. The minimum Gasteiger partial charge on any atom is -0.368 e. The van der Waals surface area contributed by atoms with Gasteiger partial charge in [0, 0.05) is 54.9 Å². The van der Waals surface area contributed by atoms with Gasteiger partial charge in [-0.3, -0.25) is 9.69 Å². The van der Waals surface area contributed by atoms with Crippen LogP contribution in [-0.4, -0.2) is 55.0 Å². The van der Waals surface area contributed by atoms with E-state index in [-0.39, 0.29) is 23.5 Å². The van der Waals surface area contributed by atoms with Gasteiger partial charge < -0.3 is 9.80 Å². The van der Waals surface area contributed by atoms with E-state index in [0.717, 1.165) is 44.7 Å². The molecule has 0 unspecified atom stereocenters. The predicted molar refractivity (Wildman–Crippen MR) is 115 cm³/mol. The van der Waals surface area contributed by atoms with E-state index in [0.29, 0.717) is 30.2 Å². The number of anilines is 1. The van der Waals surface area contributed by atoms with Gasteiger partial charge in [-0.1, -0.05) is 17.7 Å².